The third kappa shape index (κ3) is 2.70. The maximum absolute atomic E-state index is 11.4. The SMILES string of the molecule is CCCC(=O)NCCn1c(C)nc2ccccc21. The Labute approximate surface area is 107 Å². The standard InChI is InChI=1S/C14H19N3O/c1-3-6-14(18)15-9-10-17-11(2)16-12-7-4-5-8-13(12)17/h4-5,7-8H,3,6,9-10H2,1-2H3,(H,15,18). The van der Waals surface area contributed by atoms with Crippen molar-refractivity contribution in [2.75, 3.05) is 6.54 Å². The van der Waals surface area contributed by atoms with E-state index in [1.165, 1.54) is 0 Å². The zero-order chi connectivity index (χ0) is 13.0. The Hall–Kier alpha value is -1.84. The number of imidazole rings is 1. The van der Waals surface area contributed by atoms with Gasteiger partial charge in [-0.2, -0.15) is 0 Å². The Morgan fingerprint density at radius 1 is 1.39 bits per heavy atom. The molecule has 0 spiro atoms. The van der Waals surface area contributed by atoms with Crippen LogP contribution in [-0.4, -0.2) is 22.0 Å². The second-order valence-corrected chi connectivity index (χ2v) is 4.40. The van der Waals surface area contributed by atoms with Gasteiger partial charge in [-0.1, -0.05) is 19.1 Å². The van der Waals surface area contributed by atoms with E-state index in [0.717, 1.165) is 29.8 Å². The van der Waals surface area contributed by atoms with E-state index in [4.69, 9.17) is 0 Å². The van der Waals surface area contributed by atoms with Crippen molar-refractivity contribution in [3.8, 4) is 0 Å². The normalized spacial score (nSPS) is 10.8. The fourth-order valence-electron chi connectivity index (χ4n) is 2.10. The fourth-order valence-corrected chi connectivity index (χ4v) is 2.10. The highest BCUT2D eigenvalue weighted by Gasteiger charge is 2.06. The van der Waals surface area contributed by atoms with Gasteiger partial charge in [-0.15, -0.1) is 0 Å². The van der Waals surface area contributed by atoms with Gasteiger partial charge >= 0.3 is 0 Å². The van der Waals surface area contributed by atoms with E-state index in [1.807, 2.05) is 32.0 Å². The summed E-state index contributed by atoms with van der Waals surface area (Å²) in [5.41, 5.74) is 2.13. The van der Waals surface area contributed by atoms with Gasteiger partial charge in [-0.3, -0.25) is 4.79 Å². The summed E-state index contributed by atoms with van der Waals surface area (Å²) >= 11 is 0. The van der Waals surface area contributed by atoms with Crippen molar-refractivity contribution >= 4 is 16.9 Å². The minimum absolute atomic E-state index is 0.125. The molecule has 0 aliphatic heterocycles. The van der Waals surface area contributed by atoms with Crippen LogP contribution in [0.4, 0.5) is 0 Å². The Balaban J connectivity index is 2.03. The molecule has 0 fully saturated rings. The predicted molar refractivity (Wildman–Crippen MR) is 72.4 cm³/mol. The van der Waals surface area contributed by atoms with Crippen molar-refractivity contribution in [2.24, 2.45) is 0 Å². The molecule has 2 rings (SSSR count). The average molecular weight is 245 g/mol. The summed E-state index contributed by atoms with van der Waals surface area (Å²) in [5.74, 6) is 1.11. The van der Waals surface area contributed by atoms with Gasteiger partial charge in [0.15, 0.2) is 0 Å². The van der Waals surface area contributed by atoms with Crippen LogP contribution in [0.25, 0.3) is 11.0 Å². The van der Waals surface area contributed by atoms with E-state index in [-0.39, 0.29) is 5.91 Å². The van der Waals surface area contributed by atoms with E-state index in [9.17, 15) is 4.79 Å². The first-order chi connectivity index (χ1) is 8.72. The Morgan fingerprint density at radius 2 is 2.17 bits per heavy atom. The highest BCUT2D eigenvalue weighted by atomic mass is 16.1. The van der Waals surface area contributed by atoms with Crippen molar-refractivity contribution in [2.45, 2.75) is 33.2 Å². The summed E-state index contributed by atoms with van der Waals surface area (Å²) in [5, 5.41) is 2.93. The van der Waals surface area contributed by atoms with Gasteiger partial charge < -0.3 is 9.88 Å². The van der Waals surface area contributed by atoms with E-state index in [1.54, 1.807) is 0 Å². The highest BCUT2D eigenvalue weighted by molar-refractivity contribution is 5.76. The molecular weight excluding hydrogens is 226 g/mol. The lowest BCUT2D eigenvalue weighted by atomic mass is 10.3. The molecule has 0 bridgehead atoms. The smallest absolute Gasteiger partial charge is 0.220 e. The predicted octanol–water partition coefficient (Wildman–Crippen LogP) is 2.26. The molecule has 0 atom stereocenters. The lowest BCUT2D eigenvalue weighted by molar-refractivity contribution is -0.121. The van der Waals surface area contributed by atoms with Gasteiger partial charge in [-0.25, -0.2) is 4.98 Å². The van der Waals surface area contributed by atoms with Crippen molar-refractivity contribution in [1.82, 2.24) is 14.9 Å². The summed E-state index contributed by atoms with van der Waals surface area (Å²) in [4.78, 5) is 15.9. The van der Waals surface area contributed by atoms with Crippen LogP contribution < -0.4 is 5.32 Å². The van der Waals surface area contributed by atoms with Crippen LogP contribution >= 0.6 is 0 Å². The number of hydrogen-bond acceptors (Lipinski definition) is 2. The van der Waals surface area contributed by atoms with Gasteiger partial charge in [0.05, 0.1) is 11.0 Å². The van der Waals surface area contributed by atoms with Crippen LogP contribution in [-0.2, 0) is 11.3 Å². The van der Waals surface area contributed by atoms with E-state index in [2.05, 4.69) is 20.9 Å². The Bertz CT molecular complexity index is 545. The number of carbonyl (C=O) groups is 1. The second-order valence-electron chi connectivity index (χ2n) is 4.40. The number of amides is 1. The van der Waals surface area contributed by atoms with Crippen molar-refractivity contribution in [3.63, 3.8) is 0 Å². The van der Waals surface area contributed by atoms with Gasteiger partial charge in [0.1, 0.15) is 5.82 Å². The Kier molecular flexibility index (Phi) is 3.97. The molecule has 0 aliphatic carbocycles. The third-order valence-electron chi connectivity index (χ3n) is 2.98. The quantitative estimate of drug-likeness (QED) is 0.878. The number of aromatic nitrogens is 2. The van der Waals surface area contributed by atoms with E-state index < -0.39 is 0 Å². The molecule has 96 valence electrons. The molecule has 1 amide bonds. The number of carbonyl (C=O) groups excluding carboxylic acids is 1. The molecule has 2 aromatic rings. The molecule has 1 aromatic heterocycles. The zero-order valence-electron chi connectivity index (χ0n) is 10.9. The number of fused-ring (bicyclic) bond motifs is 1. The lowest BCUT2D eigenvalue weighted by Crippen LogP contribution is -2.27. The monoisotopic (exact) mass is 245 g/mol. The summed E-state index contributed by atoms with van der Waals surface area (Å²) in [6, 6.07) is 8.06. The Morgan fingerprint density at radius 3 is 2.94 bits per heavy atom. The van der Waals surface area contributed by atoms with Crippen LogP contribution in [0.1, 0.15) is 25.6 Å². The number of aryl methyl sites for hydroxylation is 1. The molecule has 1 aromatic carbocycles. The molecular formula is C14H19N3O. The van der Waals surface area contributed by atoms with E-state index >= 15 is 0 Å². The van der Waals surface area contributed by atoms with Crippen molar-refractivity contribution in [1.29, 1.82) is 0 Å². The molecule has 4 heteroatoms. The number of hydrogen-bond donors (Lipinski definition) is 1. The molecule has 1 heterocycles. The van der Waals surface area contributed by atoms with Crippen molar-refractivity contribution < 1.29 is 4.79 Å². The maximum atomic E-state index is 11.4. The summed E-state index contributed by atoms with van der Waals surface area (Å²) in [7, 11) is 0. The first-order valence-electron chi connectivity index (χ1n) is 6.41. The zero-order valence-corrected chi connectivity index (χ0v) is 10.9. The van der Waals surface area contributed by atoms with Crippen LogP contribution in [0, 0.1) is 6.92 Å². The summed E-state index contributed by atoms with van der Waals surface area (Å²) < 4.78 is 2.14. The number of para-hydroxylation sites is 2. The molecule has 0 radical (unpaired) electrons. The maximum Gasteiger partial charge on any atom is 0.220 e. The summed E-state index contributed by atoms with van der Waals surface area (Å²) in [6.45, 7) is 5.42. The molecule has 0 aliphatic rings. The molecule has 18 heavy (non-hydrogen) atoms. The third-order valence-corrected chi connectivity index (χ3v) is 2.98. The average Bonchev–Trinajstić information content (AvgIpc) is 2.66. The largest absolute Gasteiger partial charge is 0.354 e. The van der Waals surface area contributed by atoms with Gasteiger partial charge in [0.2, 0.25) is 5.91 Å². The minimum atomic E-state index is 0.125. The number of benzene rings is 1. The number of nitrogens with one attached hydrogen (secondary N) is 1. The van der Waals surface area contributed by atoms with Gasteiger partial charge in [0.25, 0.3) is 0 Å². The summed E-state index contributed by atoms with van der Waals surface area (Å²) in [6.07, 6.45) is 1.49. The van der Waals surface area contributed by atoms with Crippen LogP contribution in [0.2, 0.25) is 0 Å². The van der Waals surface area contributed by atoms with Gasteiger partial charge in [-0.05, 0) is 25.5 Å². The number of nitrogens with zero attached hydrogens (tertiary/aromatic N) is 2. The van der Waals surface area contributed by atoms with Crippen molar-refractivity contribution in [3.05, 3.63) is 30.1 Å². The van der Waals surface area contributed by atoms with Crippen LogP contribution in [0.3, 0.4) is 0 Å². The molecule has 1 N–H and O–H groups in total. The second kappa shape index (κ2) is 5.67. The topological polar surface area (TPSA) is 46.9 Å². The molecule has 0 unspecified atom stereocenters. The van der Waals surface area contributed by atoms with E-state index in [0.29, 0.717) is 13.0 Å². The highest BCUT2D eigenvalue weighted by Crippen LogP contribution is 2.14. The van der Waals surface area contributed by atoms with Crippen LogP contribution in [0.5, 0.6) is 0 Å². The molecule has 0 saturated carbocycles. The first-order valence-corrected chi connectivity index (χ1v) is 6.41. The molecule has 4 nitrogen and oxygen atoms in total. The minimum Gasteiger partial charge on any atom is -0.354 e. The molecule has 0 saturated heterocycles. The lowest BCUT2D eigenvalue weighted by Gasteiger charge is -2.08. The first kappa shape index (κ1) is 12.6. The fraction of sp³-hybridized carbons (Fsp3) is 0.429. The van der Waals surface area contributed by atoms with Gasteiger partial charge in [0, 0.05) is 19.5 Å². The van der Waals surface area contributed by atoms with Crippen LogP contribution in [0.15, 0.2) is 24.3 Å². The number of rotatable bonds is 5.